The summed E-state index contributed by atoms with van der Waals surface area (Å²) in [6.07, 6.45) is 0. The van der Waals surface area contributed by atoms with Crippen molar-refractivity contribution in [3.8, 4) is 23.0 Å². The second kappa shape index (κ2) is 6.85. The minimum atomic E-state index is -0.586. The Kier molecular flexibility index (Phi) is 4.46. The third-order valence-corrected chi connectivity index (χ3v) is 5.11. The fourth-order valence-electron chi connectivity index (χ4n) is 3.35. The monoisotopic (exact) mass is 390 g/mol. The van der Waals surface area contributed by atoms with Crippen LogP contribution in [0.4, 0.5) is 0 Å². The average molecular weight is 390 g/mol. The van der Waals surface area contributed by atoms with Crippen LogP contribution in [-0.4, -0.2) is 5.11 Å². The maximum atomic E-state index is 12.0. The van der Waals surface area contributed by atoms with Crippen LogP contribution in [0.3, 0.4) is 0 Å². The number of aromatic hydroxyl groups is 1. The van der Waals surface area contributed by atoms with Crippen LogP contribution >= 0.6 is 0 Å². The summed E-state index contributed by atoms with van der Waals surface area (Å²) in [7, 11) is 0. The Hall–Kier alpha value is -3.47. The molecule has 0 amide bonds. The highest BCUT2D eigenvalue weighted by Gasteiger charge is 2.23. The number of rotatable bonds is 4. The molecule has 1 N–H and O–H groups in total. The smallest absolute Gasteiger partial charge is 0.343 e. The minimum absolute atomic E-state index is 0.0784. The van der Waals surface area contributed by atoms with Crippen molar-refractivity contribution in [2.24, 2.45) is 0 Å². The molecule has 2 aromatic heterocycles. The zero-order valence-corrected chi connectivity index (χ0v) is 16.8. The quantitative estimate of drug-likeness (QED) is 0.485. The van der Waals surface area contributed by atoms with E-state index in [4.69, 9.17) is 13.6 Å². The normalized spacial score (nSPS) is 11.7. The van der Waals surface area contributed by atoms with Crippen molar-refractivity contribution in [3.05, 3.63) is 81.7 Å². The van der Waals surface area contributed by atoms with Gasteiger partial charge in [0.15, 0.2) is 11.5 Å². The molecule has 0 bridgehead atoms. The second-order valence-corrected chi connectivity index (χ2v) is 7.61. The van der Waals surface area contributed by atoms with Gasteiger partial charge >= 0.3 is 5.63 Å². The van der Waals surface area contributed by atoms with Gasteiger partial charge in [0.1, 0.15) is 22.7 Å². The van der Waals surface area contributed by atoms with E-state index in [2.05, 4.69) is 0 Å². The molecule has 0 aliphatic carbocycles. The number of hydrogen-bond donors (Lipinski definition) is 1. The highest BCUT2D eigenvalue weighted by atomic mass is 16.5. The van der Waals surface area contributed by atoms with Crippen molar-refractivity contribution in [3.63, 3.8) is 0 Å². The first-order chi connectivity index (χ1) is 13.8. The molecule has 0 saturated heterocycles. The lowest BCUT2D eigenvalue weighted by Crippen LogP contribution is -2.25. The molecular weight excluding hydrogens is 368 g/mol. The van der Waals surface area contributed by atoms with Gasteiger partial charge in [-0.25, -0.2) is 4.79 Å². The van der Waals surface area contributed by atoms with Crippen molar-refractivity contribution >= 4 is 11.0 Å². The van der Waals surface area contributed by atoms with E-state index in [0.29, 0.717) is 22.7 Å². The molecule has 0 aliphatic rings. The lowest BCUT2D eigenvalue weighted by molar-refractivity contribution is 0.109. The minimum Gasteiger partial charge on any atom is -0.507 e. The summed E-state index contributed by atoms with van der Waals surface area (Å²) in [6.45, 7) is 7.22. The summed E-state index contributed by atoms with van der Waals surface area (Å²) in [5, 5.41) is 11.0. The molecule has 0 saturated carbocycles. The van der Waals surface area contributed by atoms with E-state index in [0.717, 1.165) is 10.9 Å². The van der Waals surface area contributed by atoms with E-state index in [1.807, 2.05) is 62.4 Å². The van der Waals surface area contributed by atoms with Crippen molar-refractivity contribution in [1.82, 2.24) is 0 Å². The van der Waals surface area contributed by atoms with Gasteiger partial charge < -0.3 is 18.7 Å². The van der Waals surface area contributed by atoms with E-state index in [9.17, 15) is 9.90 Å². The molecule has 5 heteroatoms. The maximum absolute atomic E-state index is 12.0. The van der Waals surface area contributed by atoms with Gasteiger partial charge in [-0.1, -0.05) is 30.3 Å². The molecule has 0 aliphatic heterocycles. The number of furan rings is 1. The van der Waals surface area contributed by atoms with Gasteiger partial charge in [0.05, 0.1) is 5.56 Å². The standard InChI is InChI=1S/C24H22O5/c1-14-21(25)15(2)23(26)28-22(14)20-12-16-10-11-18(13-19(16)27-20)29-24(3,4)17-8-6-5-7-9-17/h5-13,25H,1-4H3. The predicted molar refractivity (Wildman–Crippen MR) is 111 cm³/mol. The van der Waals surface area contributed by atoms with E-state index >= 15 is 0 Å². The fraction of sp³-hybridized carbons (Fsp3) is 0.208. The van der Waals surface area contributed by atoms with E-state index in [1.54, 1.807) is 13.0 Å². The SMILES string of the molecule is Cc1c(-c2cc3ccc(OC(C)(C)c4ccccc4)cc3o2)oc(=O)c(C)c1O. The predicted octanol–water partition coefficient (Wildman–Crippen LogP) is 5.69. The Labute approximate surface area is 168 Å². The number of fused-ring (bicyclic) bond motifs is 1. The molecule has 4 rings (SSSR count). The van der Waals surface area contributed by atoms with Gasteiger partial charge in [-0.3, -0.25) is 0 Å². The number of ether oxygens (including phenoxy) is 1. The third kappa shape index (κ3) is 3.40. The summed E-state index contributed by atoms with van der Waals surface area (Å²) in [4.78, 5) is 12.0. The summed E-state index contributed by atoms with van der Waals surface area (Å²) < 4.78 is 17.5. The number of benzene rings is 2. The van der Waals surface area contributed by atoms with Crippen LogP contribution in [0.15, 0.2) is 68.2 Å². The second-order valence-electron chi connectivity index (χ2n) is 7.61. The topological polar surface area (TPSA) is 72.8 Å². The van der Waals surface area contributed by atoms with Crippen LogP contribution in [0.1, 0.15) is 30.5 Å². The molecule has 4 aromatic rings. The summed E-state index contributed by atoms with van der Waals surface area (Å²) in [6, 6.07) is 17.3. The van der Waals surface area contributed by atoms with Gasteiger partial charge in [0.2, 0.25) is 0 Å². The molecule has 0 unspecified atom stereocenters. The van der Waals surface area contributed by atoms with Gasteiger partial charge in [-0.15, -0.1) is 0 Å². The molecule has 0 atom stereocenters. The lowest BCUT2D eigenvalue weighted by atomic mass is 9.98. The maximum Gasteiger partial charge on any atom is 0.343 e. The van der Waals surface area contributed by atoms with Crippen molar-refractivity contribution in [1.29, 1.82) is 0 Å². The van der Waals surface area contributed by atoms with E-state index < -0.39 is 11.2 Å². The first kappa shape index (κ1) is 18.9. The summed E-state index contributed by atoms with van der Waals surface area (Å²) in [5.41, 5.74) is 1.20. The first-order valence-corrected chi connectivity index (χ1v) is 9.38. The zero-order valence-electron chi connectivity index (χ0n) is 16.8. The largest absolute Gasteiger partial charge is 0.507 e. The molecular formula is C24H22O5. The highest BCUT2D eigenvalue weighted by molar-refractivity contribution is 5.83. The molecule has 0 spiro atoms. The van der Waals surface area contributed by atoms with Crippen molar-refractivity contribution < 1.29 is 18.7 Å². The van der Waals surface area contributed by atoms with E-state index in [1.165, 1.54) is 6.92 Å². The molecule has 29 heavy (non-hydrogen) atoms. The Morgan fingerprint density at radius 2 is 1.66 bits per heavy atom. The van der Waals surface area contributed by atoms with E-state index in [-0.39, 0.29) is 17.1 Å². The van der Waals surface area contributed by atoms with Crippen LogP contribution in [-0.2, 0) is 5.60 Å². The van der Waals surface area contributed by atoms with Crippen molar-refractivity contribution in [2.75, 3.05) is 0 Å². The van der Waals surface area contributed by atoms with Crippen LogP contribution < -0.4 is 10.4 Å². The van der Waals surface area contributed by atoms with Gasteiger partial charge in [0.25, 0.3) is 0 Å². The first-order valence-electron chi connectivity index (χ1n) is 9.38. The Bertz CT molecular complexity index is 1250. The van der Waals surface area contributed by atoms with Gasteiger partial charge in [-0.2, -0.15) is 0 Å². The van der Waals surface area contributed by atoms with Gasteiger partial charge in [0, 0.05) is 17.0 Å². The van der Waals surface area contributed by atoms with Gasteiger partial charge in [-0.05, 0) is 51.5 Å². The number of hydrogen-bond acceptors (Lipinski definition) is 5. The third-order valence-electron chi connectivity index (χ3n) is 5.11. The Balaban J connectivity index is 1.72. The summed E-state index contributed by atoms with van der Waals surface area (Å²) >= 11 is 0. The van der Waals surface area contributed by atoms with Crippen molar-refractivity contribution in [2.45, 2.75) is 33.3 Å². The fourth-order valence-corrected chi connectivity index (χ4v) is 3.35. The summed E-state index contributed by atoms with van der Waals surface area (Å²) in [5.74, 6) is 1.19. The van der Waals surface area contributed by atoms with Crippen LogP contribution in [0.25, 0.3) is 22.5 Å². The molecule has 0 radical (unpaired) electrons. The molecule has 148 valence electrons. The van der Waals surface area contributed by atoms with Crippen LogP contribution in [0.5, 0.6) is 11.5 Å². The average Bonchev–Trinajstić information content (AvgIpc) is 3.12. The molecule has 0 fully saturated rings. The molecule has 2 aromatic carbocycles. The highest BCUT2D eigenvalue weighted by Crippen LogP contribution is 2.36. The van der Waals surface area contributed by atoms with Crippen LogP contribution in [0, 0.1) is 13.8 Å². The Morgan fingerprint density at radius 3 is 2.38 bits per heavy atom. The molecule has 2 heterocycles. The Morgan fingerprint density at radius 1 is 0.931 bits per heavy atom. The molecule has 5 nitrogen and oxygen atoms in total. The zero-order chi connectivity index (χ0) is 20.8. The van der Waals surface area contributed by atoms with Crippen LogP contribution in [0.2, 0.25) is 0 Å². The lowest BCUT2D eigenvalue weighted by Gasteiger charge is -2.27.